The van der Waals surface area contributed by atoms with Crippen molar-refractivity contribution in [3.8, 4) is 17.0 Å². The van der Waals surface area contributed by atoms with Crippen molar-refractivity contribution in [1.29, 1.82) is 0 Å². The van der Waals surface area contributed by atoms with E-state index in [4.69, 9.17) is 29.7 Å². The average molecular weight is 410 g/mol. The molecule has 2 saturated heterocycles. The number of fused-ring (bicyclic) bond motifs is 1. The monoisotopic (exact) mass is 410 g/mol. The van der Waals surface area contributed by atoms with E-state index in [1.807, 2.05) is 24.3 Å². The average Bonchev–Trinajstić information content (AvgIpc) is 3.31. The van der Waals surface area contributed by atoms with Crippen LogP contribution in [0.3, 0.4) is 0 Å². The van der Waals surface area contributed by atoms with Gasteiger partial charge in [-0.1, -0.05) is 12.1 Å². The van der Waals surface area contributed by atoms with Gasteiger partial charge in [-0.25, -0.2) is 9.97 Å². The van der Waals surface area contributed by atoms with E-state index in [-0.39, 0.29) is 12.2 Å². The van der Waals surface area contributed by atoms with Gasteiger partial charge in [-0.3, -0.25) is 0 Å². The first kappa shape index (κ1) is 18.9. The zero-order valence-corrected chi connectivity index (χ0v) is 16.4. The molecule has 0 unspecified atom stereocenters. The molecule has 3 aromatic rings. The standard InChI is InChI=1S/C20H22N6O4/c21-20-24-18-17(19(25-20)26-4-6-27-7-5-26)23-15(11-22-18)13-2-1-3-14(10-13)30-12-16-28-8-9-29-16/h1-3,10-11,16H,4-9,12H2,(H2,21,22,24,25). The van der Waals surface area contributed by atoms with Crippen LogP contribution in [0.1, 0.15) is 0 Å². The molecular formula is C20H22N6O4. The maximum atomic E-state index is 5.90. The van der Waals surface area contributed by atoms with Crippen LogP contribution >= 0.6 is 0 Å². The molecule has 0 saturated carbocycles. The first-order valence-corrected chi connectivity index (χ1v) is 9.86. The molecule has 0 radical (unpaired) electrons. The fraction of sp³-hybridized carbons (Fsp3) is 0.400. The minimum Gasteiger partial charge on any atom is -0.488 e. The number of nitrogens with two attached hydrogens (primary N) is 1. The number of nitrogens with zero attached hydrogens (tertiary/aromatic N) is 5. The number of rotatable bonds is 5. The van der Waals surface area contributed by atoms with E-state index in [0.717, 1.165) is 5.56 Å². The molecule has 30 heavy (non-hydrogen) atoms. The highest BCUT2D eigenvalue weighted by molar-refractivity contribution is 5.85. The Hall–Kier alpha value is -3.08. The van der Waals surface area contributed by atoms with Crippen LogP contribution in [-0.2, 0) is 14.2 Å². The molecule has 5 rings (SSSR count). The third-order valence-corrected chi connectivity index (χ3v) is 4.92. The van der Waals surface area contributed by atoms with Crippen molar-refractivity contribution in [2.45, 2.75) is 6.29 Å². The van der Waals surface area contributed by atoms with Gasteiger partial charge in [-0.15, -0.1) is 0 Å². The number of hydrogen-bond donors (Lipinski definition) is 1. The Balaban J connectivity index is 1.45. The van der Waals surface area contributed by atoms with Crippen LogP contribution in [0.25, 0.3) is 22.4 Å². The summed E-state index contributed by atoms with van der Waals surface area (Å²) in [5, 5.41) is 0. The van der Waals surface area contributed by atoms with Gasteiger partial charge in [0.15, 0.2) is 23.3 Å². The van der Waals surface area contributed by atoms with Crippen molar-refractivity contribution >= 4 is 22.9 Å². The zero-order chi connectivity index (χ0) is 20.3. The normalized spacial score (nSPS) is 17.5. The van der Waals surface area contributed by atoms with Crippen LogP contribution in [0.2, 0.25) is 0 Å². The van der Waals surface area contributed by atoms with E-state index in [9.17, 15) is 0 Å². The van der Waals surface area contributed by atoms with Crippen molar-refractivity contribution in [2.24, 2.45) is 0 Å². The van der Waals surface area contributed by atoms with Crippen molar-refractivity contribution in [3.05, 3.63) is 30.5 Å². The topological polar surface area (TPSA) is 118 Å². The van der Waals surface area contributed by atoms with Gasteiger partial charge in [0, 0.05) is 18.7 Å². The Kier molecular flexibility index (Phi) is 5.26. The molecule has 0 atom stereocenters. The minimum atomic E-state index is -0.326. The van der Waals surface area contributed by atoms with Gasteiger partial charge in [-0.05, 0) is 12.1 Å². The summed E-state index contributed by atoms with van der Waals surface area (Å²) in [7, 11) is 0. The highest BCUT2D eigenvalue weighted by Gasteiger charge is 2.20. The third kappa shape index (κ3) is 3.97. The Morgan fingerprint density at radius 2 is 1.90 bits per heavy atom. The fourth-order valence-corrected chi connectivity index (χ4v) is 3.46. The van der Waals surface area contributed by atoms with Crippen molar-refractivity contribution in [2.75, 3.05) is 56.8 Å². The number of aromatic nitrogens is 4. The molecule has 0 spiro atoms. The fourth-order valence-electron chi connectivity index (χ4n) is 3.46. The summed E-state index contributed by atoms with van der Waals surface area (Å²) in [5.41, 5.74) is 8.56. The Labute approximate surface area is 173 Å². The molecule has 4 heterocycles. The number of anilines is 2. The van der Waals surface area contributed by atoms with E-state index >= 15 is 0 Å². The predicted molar refractivity (Wildman–Crippen MR) is 109 cm³/mol. The van der Waals surface area contributed by atoms with Crippen LogP contribution in [-0.4, -0.2) is 72.3 Å². The highest BCUT2D eigenvalue weighted by atomic mass is 16.7. The quantitative estimate of drug-likeness (QED) is 0.658. The second kappa shape index (κ2) is 8.34. The van der Waals surface area contributed by atoms with Crippen molar-refractivity contribution in [3.63, 3.8) is 0 Å². The first-order chi connectivity index (χ1) is 14.8. The second-order valence-corrected chi connectivity index (χ2v) is 6.94. The van der Waals surface area contributed by atoms with Gasteiger partial charge in [0.25, 0.3) is 0 Å². The smallest absolute Gasteiger partial charge is 0.224 e. The largest absolute Gasteiger partial charge is 0.488 e. The number of benzene rings is 1. The number of nitrogen functional groups attached to an aromatic ring is 1. The molecule has 2 N–H and O–H groups in total. The van der Waals surface area contributed by atoms with E-state index in [1.54, 1.807) is 6.20 Å². The predicted octanol–water partition coefficient (Wildman–Crippen LogP) is 1.26. The summed E-state index contributed by atoms with van der Waals surface area (Å²) in [4.78, 5) is 20.1. The number of morpholine rings is 1. The van der Waals surface area contributed by atoms with Gasteiger partial charge >= 0.3 is 0 Å². The van der Waals surface area contributed by atoms with Gasteiger partial charge in [0.1, 0.15) is 12.4 Å². The number of ether oxygens (including phenoxy) is 4. The molecule has 156 valence electrons. The SMILES string of the molecule is Nc1nc(N2CCOCC2)c2nc(-c3cccc(OCC4OCCO4)c3)cnc2n1. The summed E-state index contributed by atoms with van der Waals surface area (Å²) in [6.07, 6.45) is 1.35. The molecule has 2 aromatic heterocycles. The van der Waals surface area contributed by atoms with E-state index in [0.29, 0.717) is 74.5 Å². The first-order valence-electron chi connectivity index (χ1n) is 9.86. The Morgan fingerprint density at radius 1 is 1.07 bits per heavy atom. The lowest BCUT2D eigenvalue weighted by atomic mass is 10.1. The summed E-state index contributed by atoms with van der Waals surface area (Å²) in [5.74, 6) is 1.56. The number of hydrogen-bond acceptors (Lipinski definition) is 10. The zero-order valence-electron chi connectivity index (χ0n) is 16.4. The second-order valence-electron chi connectivity index (χ2n) is 6.94. The van der Waals surface area contributed by atoms with E-state index in [2.05, 4.69) is 19.9 Å². The lowest BCUT2D eigenvalue weighted by Crippen LogP contribution is -2.37. The molecule has 10 nitrogen and oxygen atoms in total. The maximum absolute atomic E-state index is 5.90. The van der Waals surface area contributed by atoms with Crippen LogP contribution in [0.15, 0.2) is 30.5 Å². The molecule has 10 heteroatoms. The summed E-state index contributed by atoms with van der Waals surface area (Å²) >= 11 is 0. The van der Waals surface area contributed by atoms with Gasteiger partial charge in [0.05, 0.1) is 38.3 Å². The minimum absolute atomic E-state index is 0.179. The van der Waals surface area contributed by atoms with Crippen LogP contribution < -0.4 is 15.4 Å². The molecule has 0 bridgehead atoms. The molecular weight excluding hydrogens is 388 g/mol. The van der Waals surface area contributed by atoms with Crippen LogP contribution in [0, 0.1) is 0 Å². The summed E-state index contributed by atoms with van der Waals surface area (Å²) in [6, 6.07) is 7.67. The molecule has 1 aromatic carbocycles. The highest BCUT2D eigenvalue weighted by Crippen LogP contribution is 2.27. The molecule has 2 aliphatic heterocycles. The van der Waals surface area contributed by atoms with Crippen molar-refractivity contribution in [1.82, 2.24) is 19.9 Å². The van der Waals surface area contributed by atoms with Gasteiger partial charge < -0.3 is 29.6 Å². The molecule has 2 fully saturated rings. The van der Waals surface area contributed by atoms with E-state index in [1.165, 1.54) is 0 Å². The molecule has 2 aliphatic rings. The Bertz CT molecular complexity index is 1040. The summed E-state index contributed by atoms with van der Waals surface area (Å²) in [6.45, 7) is 4.22. The summed E-state index contributed by atoms with van der Waals surface area (Å²) < 4.78 is 22.1. The maximum Gasteiger partial charge on any atom is 0.224 e. The third-order valence-electron chi connectivity index (χ3n) is 4.92. The van der Waals surface area contributed by atoms with E-state index < -0.39 is 0 Å². The Morgan fingerprint density at radius 3 is 2.73 bits per heavy atom. The van der Waals surface area contributed by atoms with Gasteiger partial charge in [0.2, 0.25) is 5.95 Å². The van der Waals surface area contributed by atoms with Crippen molar-refractivity contribution < 1.29 is 18.9 Å². The molecule has 0 aliphatic carbocycles. The molecule has 0 amide bonds. The lowest BCUT2D eigenvalue weighted by Gasteiger charge is -2.28. The van der Waals surface area contributed by atoms with Gasteiger partial charge in [-0.2, -0.15) is 9.97 Å². The van der Waals surface area contributed by atoms with Crippen LogP contribution in [0.4, 0.5) is 11.8 Å². The lowest BCUT2D eigenvalue weighted by molar-refractivity contribution is -0.0684. The van der Waals surface area contributed by atoms with Crippen LogP contribution in [0.5, 0.6) is 5.75 Å².